The summed E-state index contributed by atoms with van der Waals surface area (Å²) in [7, 11) is 3.95. The van der Waals surface area contributed by atoms with Gasteiger partial charge in [-0.3, -0.25) is 0 Å². The predicted molar refractivity (Wildman–Crippen MR) is 65.9 cm³/mol. The number of ether oxygens (including phenoxy) is 1. The lowest BCUT2D eigenvalue weighted by Gasteiger charge is -2.13. The van der Waals surface area contributed by atoms with Crippen LogP contribution in [0, 0.1) is 0 Å². The van der Waals surface area contributed by atoms with Crippen LogP contribution in [0.5, 0.6) is 11.5 Å². The lowest BCUT2D eigenvalue weighted by Crippen LogP contribution is -2.10. The highest BCUT2D eigenvalue weighted by Crippen LogP contribution is 2.24. The van der Waals surface area contributed by atoms with Gasteiger partial charge in [-0.25, -0.2) is 0 Å². The van der Waals surface area contributed by atoms with Gasteiger partial charge in [-0.1, -0.05) is 13.3 Å². The van der Waals surface area contributed by atoms with Crippen LogP contribution >= 0.6 is 0 Å². The Labute approximate surface area is 97.7 Å². The summed E-state index contributed by atoms with van der Waals surface area (Å²) in [5, 5.41) is 9.67. The van der Waals surface area contributed by atoms with Crippen LogP contribution in [-0.2, 0) is 6.54 Å². The van der Waals surface area contributed by atoms with Gasteiger partial charge >= 0.3 is 0 Å². The van der Waals surface area contributed by atoms with Crippen LogP contribution in [0.25, 0.3) is 0 Å². The lowest BCUT2D eigenvalue weighted by molar-refractivity contribution is 0.307. The first-order chi connectivity index (χ1) is 7.63. The molecule has 0 aliphatic heterocycles. The fourth-order valence-electron chi connectivity index (χ4n) is 1.45. The highest BCUT2D eigenvalue weighted by Gasteiger charge is 2.04. The maximum atomic E-state index is 9.67. The van der Waals surface area contributed by atoms with E-state index in [1.807, 2.05) is 31.1 Å². The molecule has 1 rings (SSSR count). The van der Waals surface area contributed by atoms with Gasteiger partial charge in [0.05, 0.1) is 6.61 Å². The van der Waals surface area contributed by atoms with Gasteiger partial charge in [0.2, 0.25) is 0 Å². The molecule has 16 heavy (non-hydrogen) atoms. The fourth-order valence-corrected chi connectivity index (χ4v) is 1.45. The van der Waals surface area contributed by atoms with E-state index < -0.39 is 0 Å². The molecule has 1 aromatic carbocycles. The van der Waals surface area contributed by atoms with Crippen molar-refractivity contribution >= 4 is 0 Å². The lowest BCUT2D eigenvalue weighted by atomic mass is 10.2. The second-order valence-corrected chi connectivity index (χ2v) is 4.23. The molecule has 0 saturated heterocycles. The molecule has 1 aromatic rings. The van der Waals surface area contributed by atoms with Gasteiger partial charge in [-0.05, 0) is 38.7 Å². The predicted octanol–water partition coefficient (Wildman–Crippen LogP) is 2.63. The monoisotopic (exact) mass is 223 g/mol. The molecule has 0 aliphatic rings. The van der Waals surface area contributed by atoms with Crippen molar-refractivity contribution in [3.63, 3.8) is 0 Å². The third kappa shape index (κ3) is 4.11. The Hall–Kier alpha value is -1.22. The van der Waals surface area contributed by atoms with E-state index >= 15 is 0 Å². The summed E-state index contributed by atoms with van der Waals surface area (Å²) in [6, 6.07) is 5.41. The molecule has 0 bridgehead atoms. The molecule has 3 nitrogen and oxygen atoms in total. The highest BCUT2D eigenvalue weighted by molar-refractivity contribution is 5.39. The number of aromatic hydroxyl groups is 1. The van der Waals surface area contributed by atoms with Gasteiger partial charge in [0, 0.05) is 12.1 Å². The van der Waals surface area contributed by atoms with Crippen molar-refractivity contribution in [2.45, 2.75) is 26.3 Å². The molecule has 0 radical (unpaired) electrons. The maximum Gasteiger partial charge on any atom is 0.120 e. The Bertz CT molecular complexity index is 324. The zero-order valence-electron chi connectivity index (χ0n) is 10.4. The van der Waals surface area contributed by atoms with Gasteiger partial charge < -0.3 is 14.7 Å². The SMILES string of the molecule is CCCCOc1ccc(O)c(CN(C)C)c1. The summed E-state index contributed by atoms with van der Waals surface area (Å²) in [6.45, 7) is 3.59. The smallest absolute Gasteiger partial charge is 0.120 e. The molecule has 0 heterocycles. The Morgan fingerprint density at radius 3 is 2.69 bits per heavy atom. The Kier molecular flexibility index (Phi) is 5.12. The van der Waals surface area contributed by atoms with E-state index in [1.54, 1.807) is 6.07 Å². The minimum absolute atomic E-state index is 0.330. The third-order valence-corrected chi connectivity index (χ3v) is 2.30. The van der Waals surface area contributed by atoms with Crippen LogP contribution < -0.4 is 4.74 Å². The molecule has 0 fully saturated rings. The van der Waals surface area contributed by atoms with Crippen LogP contribution in [-0.4, -0.2) is 30.7 Å². The molecule has 3 heteroatoms. The molecular weight excluding hydrogens is 202 g/mol. The molecule has 90 valence electrons. The van der Waals surface area contributed by atoms with E-state index in [1.165, 1.54) is 0 Å². The molecule has 0 atom stereocenters. The van der Waals surface area contributed by atoms with Crippen molar-refractivity contribution < 1.29 is 9.84 Å². The van der Waals surface area contributed by atoms with Gasteiger partial charge in [0.15, 0.2) is 0 Å². The highest BCUT2D eigenvalue weighted by atomic mass is 16.5. The van der Waals surface area contributed by atoms with Crippen LogP contribution in [0.15, 0.2) is 18.2 Å². The summed E-state index contributed by atoms with van der Waals surface area (Å²) < 4.78 is 5.59. The maximum absolute atomic E-state index is 9.67. The van der Waals surface area contributed by atoms with Gasteiger partial charge in [-0.2, -0.15) is 0 Å². The van der Waals surface area contributed by atoms with Crippen molar-refractivity contribution in [2.24, 2.45) is 0 Å². The largest absolute Gasteiger partial charge is 0.508 e. The molecule has 0 amide bonds. The standard InChI is InChI=1S/C13H21NO2/c1-4-5-8-16-12-6-7-13(15)11(9-12)10-14(2)3/h6-7,9,15H,4-5,8,10H2,1-3H3. The first-order valence-electron chi connectivity index (χ1n) is 5.73. The first kappa shape index (κ1) is 12.8. The average molecular weight is 223 g/mol. The van der Waals surface area contributed by atoms with Gasteiger partial charge in [0.25, 0.3) is 0 Å². The zero-order valence-corrected chi connectivity index (χ0v) is 10.4. The van der Waals surface area contributed by atoms with Crippen molar-refractivity contribution in [1.29, 1.82) is 0 Å². The molecule has 0 saturated carbocycles. The van der Waals surface area contributed by atoms with Crippen molar-refractivity contribution in [2.75, 3.05) is 20.7 Å². The first-order valence-corrected chi connectivity index (χ1v) is 5.73. The summed E-state index contributed by atoms with van der Waals surface area (Å²) >= 11 is 0. The molecule has 0 aliphatic carbocycles. The minimum atomic E-state index is 0.330. The second-order valence-electron chi connectivity index (χ2n) is 4.23. The van der Waals surface area contributed by atoms with Crippen LogP contribution in [0.1, 0.15) is 25.3 Å². The minimum Gasteiger partial charge on any atom is -0.508 e. The topological polar surface area (TPSA) is 32.7 Å². The van der Waals surface area contributed by atoms with E-state index in [0.717, 1.165) is 37.3 Å². The van der Waals surface area contributed by atoms with E-state index in [-0.39, 0.29) is 0 Å². The summed E-state index contributed by atoms with van der Waals surface area (Å²) in [5.74, 6) is 1.17. The van der Waals surface area contributed by atoms with Crippen LogP contribution in [0.4, 0.5) is 0 Å². The summed E-state index contributed by atoms with van der Waals surface area (Å²) in [5.41, 5.74) is 0.902. The molecular formula is C13H21NO2. The van der Waals surface area contributed by atoms with E-state index in [0.29, 0.717) is 5.75 Å². The van der Waals surface area contributed by atoms with Gasteiger partial charge in [-0.15, -0.1) is 0 Å². The number of unbranched alkanes of at least 4 members (excludes halogenated alkanes) is 1. The van der Waals surface area contributed by atoms with Crippen molar-refractivity contribution in [3.8, 4) is 11.5 Å². The number of phenols is 1. The molecule has 0 spiro atoms. The summed E-state index contributed by atoms with van der Waals surface area (Å²) in [4.78, 5) is 2.02. The fraction of sp³-hybridized carbons (Fsp3) is 0.538. The van der Waals surface area contributed by atoms with E-state index in [2.05, 4.69) is 6.92 Å². The quantitative estimate of drug-likeness (QED) is 0.752. The number of hydrogen-bond acceptors (Lipinski definition) is 3. The van der Waals surface area contributed by atoms with E-state index in [4.69, 9.17) is 4.74 Å². The van der Waals surface area contributed by atoms with Gasteiger partial charge in [0.1, 0.15) is 11.5 Å². The molecule has 0 unspecified atom stereocenters. The second kappa shape index (κ2) is 6.38. The van der Waals surface area contributed by atoms with Crippen molar-refractivity contribution in [1.82, 2.24) is 4.90 Å². The zero-order chi connectivity index (χ0) is 12.0. The number of phenolic OH excluding ortho intramolecular Hbond substituents is 1. The van der Waals surface area contributed by atoms with Crippen molar-refractivity contribution in [3.05, 3.63) is 23.8 Å². The number of rotatable bonds is 6. The third-order valence-electron chi connectivity index (χ3n) is 2.30. The molecule has 1 N–H and O–H groups in total. The van der Waals surface area contributed by atoms with Crippen LogP contribution in [0.2, 0.25) is 0 Å². The summed E-state index contributed by atoms with van der Waals surface area (Å²) in [6.07, 6.45) is 2.19. The Morgan fingerprint density at radius 2 is 2.06 bits per heavy atom. The van der Waals surface area contributed by atoms with E-state index in [9.17, 15) is 5.11 Å². The normalized spacial score (nSPS) is 10.8. The average Bonchev–Trinajstić information content (AvgIpc) is 2.22. The number of benzene rings is 1. The Morgan fingerprint density at radius 1 is 1.31 bits per heavy atom. The molecule has 0 aromatic heterocycles. The Balaban J connectivity index is 2.65. The number of nitrogens with zero attached hydrogens (tertiary/aromatic N) is 1. The van der Waals surface area contributed by atoms with Crippen LogP contribution in [0.3, 0.4) is 0 Å². The number of hydrogen-bond donors (Lipinski definition) is 1.